The first-order valence-electron chi connectivity index (χ1n) is 9.37. The molecule has 0 spiro atoms. The summed E-state index contributed by atoms with van der Waals surface area (Å²) in [4.78, 5) is 28.5. The van der Waals surface area contributed by atoms with Crippen molar-refractivity contribution in [1.82, 2.24) is 4.90 Å². The summed E-state index contributed by atoms with van der Waals surface area (Å²) in [5, 5.41) is 3.79. The van der Waals surface area contributed by atoms with E-state index in [1.54, 1.807) is 30.3 Å². The number of hydrogen-bond donors (Lipinski definition) is 1. The Morgan fingerprint density at radius 1 is 1.00 bits per heavy atom. The Balaban J connectivity index is 1.64. The summed E-state index contributed by atoms with van der Waals surface area (Å²) >= 11 is 12.5. The molecule has 2 aromatic rings. The van der Waals surface area contributed by atoms with Gasteiger partial charge in [-0.15, -0.1) is 0 Å². The van der Waals surface area contributed by atoms with Crippen LogP contribution in [0.1, 0.15) is 30.1 Å². The van der Waals surface area contributed by atoms with Crippen molar-refractivity contribution in [3.8, 4) is 0 Å². The van der Waals surface area contributed by atoms with E-state index in [0.717, 1.165) is 25.2 Å². The van der Waals surface area contributed by atoms with E-state index in [4.69, 9.17) is 23.2 Å². The van der Waals surface area contributed by atoms with Gasteiger partial charge in [-0.25, -0.2) is 0 Å². The number of anilines is 2. The predicted molar refractivity (Wildman–Crippen MR) is 115 cm³/mol. The number of carbonyl (C=O) groups excluding carboxylic acids is 2. The SMILES string of the molecule is CCCC(=O)N1CCN(c2ccc(NC(=O)c3ccccc3Cl)cc2Cl)CC1. The fraction of sp³-hybridized carbons (Fsp3) is 0.333. The molecule has 0 aliphatic carbocycles. The molecule has 1 N–H and O–H groups in total. The summed E-state index contributed by atoms with van der Waals surface area (Å²) < 4.78 is 0. The lowest BCUT2D eigenvalue weighted by Crippen LogP contribution is -2.48. The largest absolute Gasteiger partial charge is 0.367 e. The molecule has 2 aromatic carbocycles. The predicted octanol–water partition coefficient (Wildman–Crippen LogP) is 4.69. The number of rotatable bonds is 5. The molecule has 7 heteroatoms. The minimum Gasteiger partial charge on any atom is -0.367 e. The topological polar surface area (TPSA) is 52.7 Å². The van der Waals surface area contributed by atoms with E-state index in [2.05, 4.69) is 10.2 Å². The zero-order valence-electron chi connectivity index (χ0n) is 15.8. The highest BCUT2D eigenvalue weighted by Crippen LogP contribution is 2.30. The van der Waals surface area contributed by atoms with Crippen LogP contribution in [0.2, 0.25) is 10.0 Å². The van der Waals surface area contributed by atoms with Crippen LogP contribution in [-0.4, -0.2) is 42.9 Å². The van der Waals surface area contributed by atoms with Gasteiger partial charge in [0.2, 0.25) is 5.91 Å². The van der Waals surface area contributed by atoms with Gasteiger partial charge in [0.05, 0.1) is 21.3 Å². The summed E-state index contributed by atoms with van der Waals surface area (Å²) in [6.07, 6.45) is 1.47. The molecule has 1 aliphatic heterocycles. The molecule has 1 saturated heterocycles. The summed E-state index contributed by atoms with van der Waals surface area (Å²) in [5.41, 5.74) is 1.92. The number of halogens is 2. The quantitative estimate of drug-likeness (QED) is 0.764. The molecule has 28 heavy (non-hydrogen) atoms. The first-order valence-corrected chi connectivity index (χ1v) is 10.1. The van der Waals surface area contributed by atoms with Crippen molar-refractivity contribution in [2.45, 2.75) is 19.8 Å². The second-order valence-electron chi connectivity index (χ2n) is 6.72. The van der Waals surface area contributed by atoms with Gasteiger partial charge in [-0.1, -0.05) is 42.3 Å². The van der Waals surface area contributed by atoms with Crippen molar-refractivity contribution < 1.29 is 9.59 Å². The third kappa shape index (κ3) is 4.78. The van der Waals surface area contributed by atoms with Gasteiger partial charge in [-0.05, 0) is 36.8 Å². The Hall–Kier alpha value is -2.24. The van der Waals surface area contributed by atoms with Crippen LogP contribution in [0.3, 0.4) is 0 Å². The van der Waals surface area contributed by atoms with E-state index in [9.17, 15) is 9.59 Å². The van der Waals surface area contributed by atoms with Crippen LogP contribution >= 0.6 is 23.2 Å². The lowest BCUT2D eigenvalue weighted by molar-refractivity contribution is -0.131. The number of hydrogen-bond acceptors (Lipinski definition) is 3. The van der Waals surface area contributed by atoms with Gasteiger partial charge >= 0.3 is 0 Å². The molecule has 2 amide bonds. The van der Waals surface area contributed by atoms with Crippen molar-refractivity contribution in [3.63, 3.8) is 0 Å². The molecule has 0 saturated carbocycles. The third-order valence-electron chi connectivity index (χ3n) is 4.76. The van der Waals surface area contributed by atoms with Crippen LogP contribution in [0.15, 0.2) is 42.5 Å². The minimum atomic E-state index is -0.280. The van der Waals surface area contributed by atoms with Crippen molar-refractivity contribution >= 4 is 46.4 Å². The molecular weight excluding hydrogens is 397 g/mol. The van der Waals surface area contributed by atoms with Gasteiger partial charge in [0.1, 0.15) is 0 Å². The summed E-state index contributed by atoms with van der Waals surface area (Å²) in [5.74, 6) is -0.0663. The Morgan fingerprint density at radius 3 is 2.36 bits per heavy atom. The molecule has 1 fully saturated rings. The average Bonchev–Trinajstić information content (AvgIpc) is 2.69. The normalized spacial score (nSPS) is 14.1. The minimum absolute atomic E-state index is 0.214. The Labute approximate surface area is 175 Å². The van der Waals surface area contributed by atoms with E-state index in [1.807, 2.05) is 24.0 Å². The number of nitrogens with one attached hydrogen (secondary N) is 1. The van der Waals surface area contributed by atoms with Crippen molar-refractivity contribution in [2.75, 3.05) is 36.4 Å². The lowest BCUT2D eigenvalue weighted by Gasteiger charge is -2.36. The zero-order chi connectivity index (χ0) is 20.1. The highest BCUT2D eigenvalue weighted by atomic mass is 35.5. The highest BCUT2D eigenvalue weighted by molar-refractivity contribution is 6.35. The summed E-state index contributed by atoms with van der Waals surface area (Å²) in [6.45, 7) is 4.88. The van der Waals surface area contributed by atoms with Crippen molar-refractivity contribution in [2.24, 2.45) is 0 Å². The standard InChI is InChI=1S/C21H23Cl2N3O2/c1-2-5-20(27)26-12-10-25(11-13-26)19-9-8-15(14-18(19)23)24-21(28)16-6-3-4-7-17(16)22/h3-4,6-9,14H,2,5,10-13H2,1H3,(H,24,28). The van der Waals surface area contributed by atoms with Gasteiger partial charge in [0, 0.05) is 38.3 Å². The van der Waals surface area contributed by atoms with Crippen LogP contribution in [0.4, 0.5) is 11.4 Å². The van der Waals surface area contributed by atoms with Gasteiger partial charge in [0.15, 0.2) is 0 Å². The van der Waals surface area contributed by atoms with Crippen LogP contribution in [0.5, 0.6) is 0 Å². The van der Waals surface area contributed by atoms with E-state index in [-0.39, 0.29) is 11.8 Å². The summed E-state index contributed by atoms with van der Waals surface area (Å²) in [7, 11) is 0. The molecule has 0 aromatic heterocycles. The van der Waals surface area contributed by atoms with Crippen LogP contribution in [0.25, 0.3) is 0 Å². The Kier molecular flexibility index (Phi) is 6.81. The molecule has 0 unspecified atom stereocenters. The fourth-order valence-electron chi connectivity index (χ4n) is 3.25. The van der Waals surface area contributed by atoms with E-state index in [1.165, 1.54) is 0 Å². The average molecular weight is 420 g/mol. The highest BCUT2D eigenvalue weighted by Gasteiger charge is 2.22. The maximum atomic E-state index is 12.4. The molecule has 0 bridgehead atoms. The molecule has 1 heterocycles. The molecule has 0 atom stereocenters. The number of amides is 2. The van der Waals surface area contributed by atoms with Crippen molar-refractivity contribution in [3.05, 3.63) is 58.1 Å². The molecule has 0 radical (unpaired) electrons. The number of piperazine rings is 1. The summed E-state index contributed by atoms with van der Waals surface area (Å²) in [6, 6.07) is 12.4. The molecule has 148 valence electrons. The molecule has 3 rings (SSSR count). The zero-order valence-corrected chi connectivity index (χ0v) is 17.3. The first-order chi connectivity index (χ1) is 13.5. The smallest absolute Gasteiger partial charge is 0.257 e. The van der Waals surface area contributed by atoms with Crippen LogP contribution in [0, 0.1) is 0 Å². The molecule has 5 nitrogen and oxygen atoms in total. The van der Waals surface area contributed by atoms with Crippen LogP contribution < -0.4 is 10.2 Å². The van der Waals surface area contributed by atoms with Crippen molar-refractivity contribution in [1.29, 1.82) is 0 Å². The molecular formula is C21H23Cl2N3O2. The Bertz CT molecular complexity index is 864. The molecule has 1 aliphatic rings. The number of carbonyl (C=O) groups is 2. The fourth-order valence-corrected chi connectivity index (χ4v) is 3.78. The van der Waals surface area contributed by atoms with Gasteiger partial charge < -0.3 is 15.1 Å². The second-order valence-corrected chi connectivity index (χ2v) is 7.53. The van der Waals surface area contributed by atoms with E-state index < -0.39 is 0 Å². The number of nitrogens with zero attached hydrogens (tertiary/aromatic N) is 2. The lowest BCUT2D eigenvalue weighted by atomic mass is 10.2. The maximum Gasteiger partial charge on any atom is 0.257 e. The van der Waals surface area contributed by atoms with Gasteiger partial charge in [-0.3, -0.25) is 9.59 Å². The third-order valence-corrected chi connectivity index (χ3v) is 5.39. The number of benzene rings is 2. The van der Waals surface area contributed by atoms with E-state index in [0.29, 0.717) is 40.8 Å². The van der Waals surface area contributed by atoms with E-state index >= 15 is 0 Å². The monoisotopic (exact) mass is 419 g/mol. The van der Waals surface area contributed by atoms with Gasteiger partial charge in [-0.2, -0.15) is 0 Å². The van der Waals surface area contributed by atoms with Gasteiger partial charge in [0.25, 0.3) is 5.91 Å². The van der Waals surface area contributed by atoms with Crippen LogP contribution in [-0.2, 0) is 4.79 Å². The first kappa shape index (κ1) is 20.5. The maximum absolute atomic E-state index is 12.4. The second kappa shape index (κ2) is 9.30. The Morgan fingerprint density at radius 2 is 1.71 bits per heavy atom.